The van der Waals surface area contributed by atoms with Gasteiger partial charge in [-0.05, 0) is 49.9 Å². The van der Waals surface area contributed by atoms with Crippen molar-refractivity contribution in [2.24, 2.45) is 0 Å². The molecule has 1 unspecified atom stereocenters. The van der Waals surface area contributed by atoms with Gasteiger partial charge in [0.1, 0.15) is 6.54 Å². The zero-order chi connectivity index (χ0) is 21.1. The van der Waals surface area contributed by atoms with Crippen LogP contribution in [0.15, 0.2) is 68.0 Å². The highest BCUT2D eigenvalue weighted by atomic mass is 32.2. The van der Waals surface area contributed by atoms with Crippen LogP contribution in [0.4, 0.5) is 11.4 Å². The molecule has 0 saturated carbocycles. The van der Waals surface area contributed by atoms with Crippen molar-refractivity contribution in [3.8, 4) is 0 Å². The normalized spacial score (nSPS) is 13.3. The number of fused-ring (bicyclic) bond motifs is 2. The van der Waals surface area contributed by atoms with Crippen LogP contribution in [0.1, 0.15) is 19.7 Å². The quantitative estimate of drug-likeness (QED) is 0.299. The SMILES string of the molecule is CCOC(=O)C(Sc1nnc(CN2c3ccccc3Sc3ccccc32)o1)C(C)=O. The van der Waals surface area contributed by atoms with E-state index < -0.39 is 11.2 Å². The monoisotopic (exact) mass is 441 g/mol. The van der Waals surface area contributed by atoms with Gasteiger partial charge in [0.2, 0.25) is 5.89 Å². The Morgan fingerprint density at radius 1 is 1.10 bits per heavy atom. The molecular weight excluding hydrogens is 422 g/mol. The van der Waals surface area contributed by atoms with E-state index in [-0.39, 0.29) is 17.6 Å². The molecular formula is C21H19N3O4S2. The third kappa shape index (κ3) is 4.22. The van der Waals surface area contributed by atoms with E-state index in [1.807, 2.05) is 24.3 Å². The van der Waals surface area contributed by atoms with E-state index in [0.29, 0.717) is 12.4 Å². The van der Waals surface area contributed by atoms with E-state index in [0.717, 1.165) is 32.9 Å². The molecule has 0 spiro atoms. The van der Waals surface area contributed by atoms with Gasteiger partial charge in [-0.1, -0.05) is 36.0 Å². The van der Waals surface area contributed by atoms with Crippen molar-refractivity contribution in [1.29, 1.82) is 0 Å². The maximum absolute atomic E-state index is 12.0. The summed E-state index contributed by atoms with van der Waals surface area (Å²) in [6.07, 6.45) is 0. The molecule has 0 N–H and O–H groups in total. The molecule has 1 atom stereocenters. The van der Waals surface area contributed by atoms with Crippen LogP contribution in [0, 0.1) is 0 Å². The van der Waals surface area contributed by atoms with E-state index in [1.54, 1.807) is 18.7 Å². The van der Waals surface area contributed by atoms with Gasteiger partial charge < -0.3 is 14.1 Å². The fourth-order valence-electron chi connectivity index (χ4n) is 3.05. The largest absolute Gasteiger partial charge is 0.465 e. The average molecular weight is 442 g/mol. The summed E-state index contributed by atoms with van der Waals surface area (Å²) in [5.74, 6) is -0.542. The van der Waals surface area contributed by atoms with E-state index in [4.69, 9.17) is 9.15 Å². The number of aromatic nitrogens is 2. The minimum Gasteiger partial charge on any atom is -0.465 e. The molecule has 0 bridgehead atoms. The van der Waals surface area contributed by atoms with Crippen LogP contribution in [0.25, 0.3) is 0 Å². The highest BCUT2D eigenvalue weighted by Crippen LogP contribution is 2.48. The summed E-state index contributed by atoms with van der Waals surface area (Å²) in [4.78, 5) is 28.3. The number of anilines is 2. The molecule has 1 aliphatic rings. The Hall–Kier alpha value is -2.78. The summed E-state index contributed by atoms with van der Waals surface area (Å²) in [5, 5.41) is 7.27. The van der Waals surface area contributed by atoms with Crippen molar-refractivity contribution in [2.75, 3.05) is 11.5 Å². The molecule has 3 aromatic rings. The molecule has 7 nitrogen and oxygen atoms in total. The Kier molecular flexibility index (Phi) is 6.10. The van der Waals surface area contributed by atoms with E-state index in [2.05, 4.69) is 39.4 Å². The fraction of sp³-hybridized carbons (Fsp3) is 0.238. The fourth-order valence-corrected chi connectivity index (χ4v) is 4.91. The molecule has 0 amide bonds. The lowest BCUT2D eigenvalue weighted by molar-refractivity contribution is -0.144. The standard InChI is InChI=1S/C21H19N3O4S2/c1-3-27-20(26)19(13(2)25)30-21-23-22-18(28-21)12-24-14-8-4-6-10-16(14)29-17-11-7-5-9-15(17)24/h4-11,19H,3,12H2,1-2H3. The second kappa shape index (κ2) is 8.93. The number of hydrogen-bond acceptors (Lipinski definition) is 9. The number of thioether (sulfide) groups is 1. The number of ether oxygens (including phenoxy) is 1. The van der Waals surface area contributed by atoms with Crippen LogP contribution in [0.2, 0.25) is 0 Å². The van der Waals surface area contributed by atoms with Crippen molar-refractivity contribution < 1.29 is 18.7 Å². The number of rotatable bonds is 7. The van der Waals surface area contributed by atoms with Gasteiger partial charge >= 0.3 is 5.97 Å². The molecule has 2 aromatic carbocycles. The Bertz CT molecular complexity index is 1040. The molecule has 154 valence electrons. The Balaban J connectivity index is 1.57. The first kappa shape index (κ1) is 20.5. The van der Waals surface area contributed by atoms with Crippen LogP contribution in [-0.2, 0) is 20.9 Å². The number of Topliss-reactive ketones (excluding diaryl/α,β-unsaturated/α-hetero) is 1. The van der Waals surface area contributed by atoms with Crippen molar-refractivity contribution in [3.05, 3.63) is 54.4 Å². The van der Waals surface area contributed by atoms with Crippen LogP contribution >= 0.6 is 23.5 Å². The summed E-state index contributed by atoms with van der Waals surface area (Å²) in [5.41, 5.74) is 2.11. The second-order valence-electron chi connectivity index (χ2n) is 6.45. The number of carbonyl (C=O) groups excluding carboxylic acids is 2. The number of nitrogens with zero attached hydrogens (tertiary/aromatic N) is 3. The summed E-state index contributed by atoms with van der Waals surface area (Å²) < 4.78 is 10.7. The predicted molar refractivity (Wildman–Crippen MR) is 114 cm³/mol. The van der Waals surface area contributed by atoms with Gasteiger partial charge in [-0.15, -0.1) is 10.2 Å². The average Bonchev–Trinajstić information content (AvgIpc) is 3.19. The number of ketones is 1. The molecule has 1 aromatic heterocycles. The molecule has 1 aliphatic heterocycles. The van der Waals surface area contributed by atoms with Gasteiger partial charge in [-0.2, -0.15) is 0 Å². The molecule has 0 aliphatic carbocycles. The van der Waals surface area contributed by atoms with Crippen LogP contribution in [-0.4, -0.2) is 33.8 Å². The van der Waals surface area contributed by atoms with Crippen LogP contribution in [0.3, 0.4) is 0 Å². The lowest BCUT2D eigenvalue weighted by Gasteiger charge is -2.31. The molecule has 0 radical (unpaired) electrons. The first-order valence-electron chi connectivity index (χ1n) is 9.36. The topological polar surface area (TPSA) is 85.5 Å². The molecule has 0 saturated heterocycles. The number of carbonyl (C=O) groups is 2. The molecule has 4 rings (SSSR count). The number of para-hydroxylation sites is 2. The Morgan fingerprint density at radius 3 is 2.33 bits per heavy atom. The van der Waals surface area contributed by atoms with Gasteiger partial charge in [-0.3, -0.25) is 9.59 Å². The zero-order valence-electron chi connectivity index (χ0n) is 16.4. The van der Waals surface area contributed by atoms with Gasteiger partial charge in [0.05, 0.1) is 18.0 Å². The van der Waals surface area contributed by atoms with Crippen molar-refractivity contribution in [1.82, 2.24) is 10.2 Å². The Labute approximate surface area is 182 Å². The summed E-state index contributed by atoms with van der Waals surface area (Å²) >= 11 is 2.63. The van der Waals surface area contributed by atoms with Gasteiger partial charge in [-0.25, -0.2) is 0 Å². The lowest BCUT2D eigenvalue weighted by Crippen LogP contribution is -2.27. The third-order valence-electron chi connectivity index (χ3n) is 4.36. The maximum Gasteiger partial charge on any atom is 0.327 e. The minimum absolute atomic E-state index is 0.159. The summed E-state index contributed by atoms with van der Waals surface area (Å²) in [6, 6.07) is 16.3. The van der Waals surface area contributed by atoms with E-state index in [9.17, 15) is 9.59 Å². The van der Waals surface area contributed by atoms with E-state index in [1.165, 1.54) is 6.92 Å². The minimum atomic E-state index is -1.02. The lowest BCUT2D eigenvalue weighted by atomic mass is 10.2. The van der Waals surface area contributed by atoms with E-state index >= 15 is 0 Å². The predicted octanol–water partition coefficient (Wildman–Crippen LogP) is 4.49. The number of benzene rings is 2. The van der Waals surface area contributed by atoms with Crippen LogP contribution in [0.5, 0.6) is 0 Å². The smallest absolute Gasteiger partial charge is 0.327 e. The summed E-state index contributed by atoms with van der Waals surface area (Å²) in [6.45, 7) is 3.60. The molecule has 2 heterocycles. The Morgan fingerprint density at radius 2 is 1.73 bits per heavy atom. The highest BCUT2D eigenvalue weighted by Gasteiger charge is 2.29. The second-order valence-corrected chi connectivity index (χ2v) is 8.59. The first-order valence-corrected chi connectivity index (χ1v) is 11.1. The summed E-state index contributed by atoms with van der Waals surface area (Å²) in [7, 11) is 0. The van der Waals surface area contributed by atoms with Gasteiger partial charge in [0, 0.05) is 9.79 Å². The van der Waals surface area contributed by atoms with Crippen molar-refractivity contribution in [3.63, 3.8) is 0 Å². The molecule has 0 fully saturated rings. The molecule has 30 heavy (non-hydrogen) atoms. The number of esters is 1. The highest BCUT2D eigenvalue weighted by molar-refractivity contribution is 8.01. The number of hydrogen-bond donors (Lipinski definition) is 0. The molecule has 9 heteroatoms. The first-order chi connectivity index (χ1) is 14.6. The van der Waals surface area contributed by atoms with Crippen LogP contribution < -0.4 is 4.90 Å². The van der Waals surface area contributed by atoms with Gasteiger partial charge in [0.25, 0.3) is 5.22 Å². The zero-order valence-corrected chi connectivity index (χ0v) is 18.0. The van der Waals surface area contributed by atoms with Gasteiger partial charge in [0.15, 0.2) is 11.0 Å². The van der Waals surface area contributed by atoms with Crippen molar-refractivity contribution >= 4 is 46.7 Å². The maximum atomic E-state index is 12.0. The van der Waals surface area contributed by atoms with Crippen molar-refractivity contribution in [2.45, 2.75) is 40.7 Å². The third-order valence-corrected chi connectivity index (χ3v) is 6.62.